The molecule has 0 aliphatic carbocycles. The number of aryl methyl sites for hydroxylation is 2. The molecule has 0 bridgehead atoms. The first kappa shape index (κ1) is 16.6. The van der Waals surface area contributed by atoms with Crippen molar-refractivity contribution in [2.45, 2.75) is 45.3 Å². The van der Waals surface area contributed by atoms with Crippen molar-refractivity contribution in [3.05, 3.63) is 50.1 Å². The highest BCUT2D eigenvalue weighted by Gasteiger charge is 2.15. The summed E-state index contributed by atoms with van der Waals surface area (Å²) in [5.74, 6) is 0.933. The summed E-state index contributed by atoms with van der Waals surface area (Å²) in [6.07, 6.45) is 3.96. The second kappa shape index (κ2) is 7.51. The molecule has 1 N–H and O–H groups in total. The van der Waals surface area contributed by atoms with E-state index in [1.54, 1.807) is 10.7 Å². The normalized spacial score (nSPS) is 14.0. The summed E-state index contributed by atoms with van der Waals surface area (Å²) in [5, 5.41) is 9.08. The number of hydrogen-bond acceptors (Lipinski definition) is 3. The van der Waals surface area contributed by atoms with Crippen LogP contribution >= 0.6 is 23.2 Å². The lowest BCUT2D eigenvalue weighted by atomic mass is 10.2. The van der Waals surface area contributed by atoms with Gasteiger partial charge in [-0.25, -0.2) is 9.48 Å². The Morgan fingerprint density at radius 3 is 2.91 bits per heavy atom. The van der Waals surface area contributed by atoms with Crippen LogP contribution in [0.15, 0.2) is 23.0 Å². The third-order valence-corrected chi connectivity index (χ3v) is 4.67. The first-order valence-corrected chi connectivity index (χ1v) is 8.72. The molecule has 5 nitrogen and oxygen atoms in total. The van der Waals surface area contributed by atoms with Gasteiger partial charge in [0.25, 0.3) is 0 Å². The van der Waals surface area contributed by atoms with Crippen molar-refractivity contribution in [3.8, 4) is 0 Å². The smallest absolute Gasteiger partial charge is 0.313 e. The Hall–Kier alpha value is -1.30. The molecule has 0 fully saturated rings. The summed E-state index contributed by atoms with van der Waals surface area (Å²) in [6, 6.07) is 5.50. The molecule has 0 spiro atoms. The van der Waals surface area contributed by atoms with Crippen molar-refractivity contribution in [1.29, 1.82) is 0 Å². The van der Waals surface area contributed by atoms with Crippen molar-refractivity contribution < 1.29 is 0 Å². The van der Waals surface area contributed by atoms with Crippen LogP contribution in [-0.4, -0.2) is 20.9 Å². The predicted molar refractivity (Wildman–Crippen MR) is 92.2 cm³/mol. The first-order valence-electron chi connectivity index (χ1n) is 7.96. The minimum Gasteiger partial charge on any atom is -0.313 e. The average molecular weight is 355 g/mol. The van der Waals surface area contributed by atoms with E-state index in [-0.39, 0.29) is 5.69 Å². The van der Waals surface area contributed by atoms with Crippen LogP contribution in [0.4, 0.5) is 0 Å². The summed E-state index contributed by atoms with van der Waals surface area (Å²) in [6.45, 7) is 2.93. The quantitative estimate of drug-likeness (QED) is 0.811. The van der Waals surface area contributed by atoms with E-state index in [0.717, 1.165) is 50.2 Å². The first-order chi connectivity index (χ1) is 11.1. The van der Waals surface area contributed by atoms with Crippen LogP contribution in [0.2, 0.25) is 10.0 Å². The van der Waals surface area contributed by atoms with E-state index < -0.39 is 0 Å². The fraction of sp³-hybridized carbons (Fsp3) is 0.500. The monoisotopic (exact) mass is 354 g/mol. The highest BCUT2D eigenvalue weighted by molar-refractivity contribution is 6.35. The van der Waals surface area contributed by atoms with Crippen LogP contribution in [0.5, 0.6) is 0 Å². The van der Waals surface area contributed by atoms with E-state index in [9.17, 15) is 4.79 Å². The Morgan fingerprint density at radius 1 is 1.26 bits per heavy atom. The van der Waals surface area contributed by atoms with Crippen LogP contribution in [-0.2, 0) is 26.1 Å². The van der Waals surface area contributed by atoms with Gasteiger partial charge in [0.2, 0.25) is 0 Å². The Kier molecular flexibility index (Phi) is 5.41. The second-order valence-electron chi connectivity index (χ2n) is 5.80. The van der Waals surface area contributed by atoms with Crippen molar-refractivity contribution in [2.75, 3.05) is 6.54 Å². The molecule has 0 unspecified atom stereocenters. The maximum Gasteiger partial charge on any atom is 0.345 e. The lowest BCUT2D eigenvalue weighted by Gasteiger charge is -2.09. The van der Waals surface area contributed by atoms with E-state index in [0.29, 0.717) is 23.1 Å². The van der Waals surface area contributed by atoms with Crippen LogP contribution in [0, 0.1) is 0 Å². The molecule has 2 heterocycles. The van der Waals surface area contributed by atoms with Gasteiger partial charge < -0.3 is 5.32 Å². The highest BCUT2D eigenvalue weighted by Crippen LogP contribution is 2.20. The van der Waals surface area contributed by atoms with Crippen molar-refractivity contribution in [3.63, 3.8) is 0 Å². The number of fused-ring (bicyclic) bond motifs is 1. The maximum absolute atomic E-state index is 12.2. The summed E-state index contributed by atoms with van der Waals surface area (Å²) in [7, 11) is 0. The molecule has 2 aromatic rings. The van der Waals surface area contributed by atoms with Crippen molar-refractivity contribution >= 4 is 23.2 Å². The fourth-order valence-electron chi connectivity index (χ4n) is 2.84. The molecule has 3 rings (SSSR count). The van der Waals surface area contributed by atoms with Crippen LogP contribution in [0.1, 0.15) is 30.7 Å². The Morgan fingerprint density at radius 2 is 2.13 bits per heavy atom. The molecular formula is C16H20Cl2N4O. The zero-order valence-electron chi connectivity index (χ0n) is 12.9. The fourth-order valence-corrected chi connectivity index (χ4v) is 3.31. The van der Waals surface area contributed by atoms with Gasteiger partial charge in [0.15, 0.2) is 0 Å². The minimum absolute atomic E-state index is 0.0282. The van der Waals surface area contributed by atoms with Gasteiger partial charge in [-0.05, 0) is 43.5 Å². The SMILES string of the molecule is O=c1n(CCCNCc2ccc(Cl)cc2Cl)nc2n1CCCC2. The largest absolute Gasteiger partial charge is 0.345 e. The van der Waals surface area contributed by atoms with Crippen LogP contribution in [0.3, 0.4) is 0 Å². The zero-order chi connectivity index (χ0) is 16.2. The lowest BCUT2D eigenvalue weighted by molar-refractivity contribution is 0.506. The van der Waals surface area contributed by atoms with E-state index in [1.807, 2.05) is 16.7 Å². The van der Waals surface area contributed by atoms with Gasteiger partial charge in [0.05, 0.1) is 0 Å². The third kappa shape index (κ3) is 3.97. The summed E-state index contributed by atoms with van der Waals surface area (Å²) >= 11 is 12.0. The topological polar surface area (TPSA) is 51.9 Å². The molecular weight excluding hydrogens is 335 g/mol. The number of nitrogens with one attached hydrogen (secondary N) is 1. The number of benzene rings is 1. The molecule has 0 saturated carbocycles. The number of halogens is 2. The summed E-state index contributed by atoms with van der Waals surface area (Å²) in [5.41, 5.74) is 1.05. The van der Waals surface area contributed by atoms with Gasteiger partial charge in [-0.1, -0.05) is 29.3 Å². The molecule has 1 aromatic heterocycles. The molecule has 0 saturated heterocycles. The summed E-state index contributed by atoms with van der Waals surface area (Å²) in [4.78, 5) is 12.2. The molecule has 1 aliphatic heterocycles. The molecule has 23 heavy (non-hydrogen) atoms. The molecule has 1 aromatic carbocycles. The van der Waals surface area contributed by atoms with Gasteiger partial charge in [-0.2, -0.15) is 5.10 Å². The third-order valence-electron chi connectivity index (χ3n) is 4.09. The maximum atomic E-state index is 12.2. The molecule has 7 heteroatoms. The Bertz CT molecular complexity index is 738. The highest BCUT2D eigenvalue weighted by atomic mass is 35.5. The van der Waals surface area contributed by atoms with E-state index in [4.69, 9.17) is 23.2 Å². The Labute approximate surface area is 145 Å². The molecule has 0 amide bonds. The zero-order valence-corrected chi connectivity index (χ0v) is 14.4. The van der Waals surface area contributed by atoms with Gasteiger partial charge >= 0.3 is 5.69 Å². The number of nitrogens with zero attached hydrogens (tertiary/aromatic N) is 3. The molecule has 0 radical (unpaired) electrons. The minimum atomic E-state index is 0.0282. The molecule has 124 valence electrons. The predicted octanol–water partition coefficient (Wildman–Crippen LogP) is 2.87. The standard InChI is InChI=1S/C16H20Cl2N4O/c17-13-6-5-12(14(18)10-13)11-19-7-3-9-22-16(23)21-8-2-1-4-15(21)20-22/h5-6,10,19H,1-4,7-9,11H2. The number of rotatable bonds is 6. The van der Waals surface area contributed by atoms with Crippen LogP contribution in [0.25, 0.3) is 0 Å². The second-order valence-corrected chi connectivity index (χ2v) is 6.64. The van der Waals surface area contributed by atoms with E-state index in [1.165, 1.54) is 0 Å². The van der Waals surface area contributed by atoms with Crippen molar-refractivity contribution in [2.24, 2.45) is 0 Å². The lowest BCUT2D eigenvalue weighted by Crippen LogP contribution is -2.28. The van der Waals surface area contributed by atoms with Crippen LogP contribution < -0.4 is 11.0 Å². The number of aromatic nitrogens is 3. The van der Waals surface area contributed by atoms with Gasteiger partial charge in [0, 0.05) is 36.1 Å². The van der Waals surface area contributed by atoms with Gasteiger partial charge in [-0.15, -0.1) is 0 Å². The van der Waals surface area contributed by atoms with Gasteiger partial charge in [0.1, 0.15) is 5.82 Å². The summed E-state index contributed by atoms with van der Waals surface area (Å²) < 4.78 is 3.40. The van der Waals surface area contributed by atoms with Gasteiger partial charge in [-0.3, -0.25) is 4.57 Å². The van der Waals surface area contributed by atoms with E-state index in [2.05, 4.69) is 10.4 Å². The van der Waals surface area contributed by atoms with E-state index >= 15 is 0 Å². The van der Waals surface area contributed by atoms with Crippen molar-refractivity contribution in [1.82, 2.24) is 19.7 Å². The molecule has 1 aliphatic rings. The average Bonchev–Trinajstić information content (AvgIpc) is 2.86. The number of hydrogen-bond donors (Lipinski definition) is 1. The Balaban J connectivity index is 1.47. The molecule has 0 atom stereocenters.